The Morgan fingerprint density at radius 2 is 2.00 bits per heavy atom. The molecule has 1 aromatic carbocycles. The summed E-state index contributed by atoms with van der Waals surface area (Å²) < 4.78 is 30.9. The first-order chi connectivity index (χ1) is 7.58. The molecule has 1 saturated heterocycles. The van der Waals surface area contributed by atoms with E-state index in [2.05, 4.69) is 21.2 Å². The Hall–Kier alpha value is -1.01. The third kappa shape index (κ3) is 2.22. The van der Waals surface area contributed by atoms with E-state index in [-0.39, 0.29) is 16.1 Å². The minimum absolute atomic E-state index is 0.0486. The van der Waals surface area contributed by atoms with Crippen molar-refractivity contribution in [2.45, 2.75) is 6.04 Å². The molecule has 0 aliphatic carbocycles. The highest BCUT2D eigenvalue weighted by atomic mass is 79.9. The van der Waals surface area contributed by atoms with Gasteiger partial charge in [-0.1, -0.05) is 0 Å². The molecule has 0 bridgehead atoms. The van der Waals surface area contributed by atoms with Gasteiger partial charge >= 0.3 is 0 Å². The summed E-state index contributed by atoms with van der Waals surface area (Å²) in [5.74, 6) is -2.48. The van der Waals surface area contributed by atoms with Crippen molar-refractivity contribution in [1.82, 2.24) is 5.32 Å². The second kappa shape index (κ2) is 4.47. The molecule has 0 aromatic heterocycles. The van der Waals surface area contributed by atoms with Crippen molar-refractivity contribution in [1.29, 1.82) is 0 Å². The van der Waals surface area contributed by atoms with Crippen molar-refractivity contribution in [2.24, 2.45) is 0 Å². The van der Waals surface area contributed by atoms with Gasteiger partial charge in [0.15, 0.2) is 11.6 Å². The van der Waals surface area contributed by atoms with Crippen LogP contribution in [0.5, 0.6) is 0 Å². The number of hydrogen-bond donors (Lipinski definition) is 1. The number of carbonyl (C=O) groups excluding carboxylic acids is 1. The molecule has 1 fully saturated rings. The van der Waals surface area contributed by atoms with E-state index in [1.165, 1.54) is 0 Å². The number of nitrogens with one attached hydrogen (secondary N) is 1. The van der Waals surface area contributed by atoms with E-state index < -0.39 is 17.5 Å². The van der Waals surface area contributed by atoms with E-state index in [4.69, 9.17) is 4.74 Å². The van der Waals surface area contributed by atoms with Crippen LogP contribution in [0.25, 0.3) is 0 Å². The van der Waals surface area contributed by atoms with Crippen molar-refractivity contribution in [3.05, 3.63) is 33.8 Å². The maximum atomic E-state index is 13.0. The van der Waals surface area contributed by atoms with Gasteiger partial charge in [-0.15, -0.1) is 0 Å². The Morgan fingerprint density at radius 1 is 1.38 bits per heavy atom. The number of carbonyl (C=O) groups is 1. The molecule has 0 atom stereocenters. The Morgan fingerprint density at radius 3 is 2.56 bits per heavy atom. The van der Waals surface area contributed by atoms with Crippen molar-refractivity contribution in [3.63, 3.8) is 0 Å². The smallest absolute Gasteiger partial charge is 0.252 e. The van der Waals surface area contributed by atoms with Crippen molar-refractivity contribution >= 4 is 21.8 Å². The normalized spacial score (nSPS) is 15.7. The number of rotatable bonds is 2. The van der Waals surface area contributed by atoms with Gasteiger partial charge in [0.05, 0.1) is 24.8 Å². The summed E-state index contributed by atoms with van der Waals surface area (Å²) in [6.45, 7) is 0.903. The second-order valence-electron chi connectivity index (χ2n) is 3.45. The molecule has 0 radical (unpaired) electrons. The lowest BCUT2D eigenvalue weighted by atomic mass is 10.1. The van der Waals surface area contributed by atoms with Crippen LogP contribution in [0.2, 0.25) is 0 Å². The van der Waals surface area contributed by atoms with E-state index in [0.717, 1.165) is 12.1 Å². The molecule has 1 aromatic rings. The summed E-state index contributed by atoms with van der Waals surface area (Å²) in [6.07, 6.45) is 0. The van der Waals surface area contributed by atoms with E-state index in [1.54, 1.807) is 0 Å². The zero-order chi connectivity index (χ0) is 11.7. The Bertz CT molecular complexity index is 435. The van der Waals surface area contributed by atoms with Crippen LogP contribution in [-0.4, -0.2) is 25.2 Å². The number of halogens is 3. The molecule has 6 heteroatoms. The number of benzene rings is 1. The zero-order valence-electron chi connectivity index (χ0n) is 8.10. The van der Waals surface area contributed by atoms with Gasteiger partial charge in [-0.05, 0) is 28.1 Å². The molecule has 1 N–H and O–H groups in total. The SMILES string of the molecule is O=C(NC1COC1)c1cc(F)c(F)cc1Br. The summed E-state index contributed by atoms with van der Waals surface area (Å²) in [6, 6.07) is 1.75. The molecular formula is C10H8BrF2NO2. The first kappa shape index (κ1) is 11.5. The van der Waals surface area contributed by atoms with Gasteiger partial charge in [-0.25, -0.2) is 8.78 Å². The number of amides is 1. The standard InChI is InChI=1S/C10H8BrF2NO2/c11-7-2-9(13)8(12)1-6(7)10(15)14-5-3-16-4-5/h1-2,5H,3-4H2,(H,14,15). The van der Waals surface area contributed by atoms with Crippen molar-refractivity contribution in [2.75, 3.05) is 13.2 Å². The minimum atomic E-state index is -1.04. The first-order valence-corrected chi connectivity index (χ1v) is 5.40. The zero-order valence-corrected chi connectivity index (χ0v) is 9.68. The molecule has 1 aliphatic rings. The van der Waals surface area contributed by atoms with Crippen LogP contribution in [0.3, 0.4) is 0 Å². The first-order valence-electron chi connectivity index (χ1n) is 4.61. The topological polar surface area (TPSA) is 38.3 Å². The lowest BCUT2D eigenvalue weighted by Crippen LogP contribution is -2.48. The van der Waals surface area contributed by atoms with Crippen LogP contribution in [0.1, 0.15) is 10.4 Å². The second-order valence-corrected chi connectivity index (χ2v) is 4.31. The summed E-state index contributed by atoms with van der Waals surface area (Å²) in [7, 11) is 0. The molecule has 0 spiro atoms. The van der Waals surface area contributed by atoms with Gasteiger partial charge in [0, 0.05) is 4.47 Å². The van der Waals surface area contributed by atoms with E-state index >= 15 is 0 Å². The Labute approximate surface area is 98.9 Å². The van der Waals surface area contributed by atoms with Gasteiger partial charge < -0.3 is 10.1 Å². The van der Waals surface area contributed by atoms with Gasteiger partial charge in [0.25, 0.3) is 5.91 Å². The molecule has 1 aliphatic heterocycles. The molecular weight excluding hydrogens is 284 g/mol. The van der Waals surface area contributed by atoms with Crippen LogP contribution in [0.15, 0.2) is 16.6 Å². The number of hydrogen-bond acceptors (Lipinski definition) is 2. The van der Waals surface area contributed by atoms with Crippen molar-refractivity contribution < 1.29 is 18.3 Å². The molecule has 1 amide bonds. The fourth-order valence-corrected chi connectivity index (χ4v) is 1.77. The van der Waals surface area contributed by atoms with E-state index in [0.29, 0.717) is 13.2 Å². The predicted octanol–water partition coefficient (Wildman–Crippen LogP) is 1.86. The molecule has 2 rings (SSSR count). The predicted molar refractivity (Wildman–Crippen MR) is 56.1 cm³/mol. The summed E-state index contributed by atoms with van der Waals surface area (Å²) in [4.78, 5) is 11.6. The lowest BCUT2D eigenvalue weighted by Gasteiger charge is -2.26. The van der Waals surface area contributed by atoms with E-state index in [9.17, 15) is 13.6 Å². The third-order valence-electron chi connectivity index (χ3n) is 2.23. The summed E-state index contributed by atoms with van der Waals surface area (Å²) in [5.41, 5.74) is 0.0748. The summed E-state index contributed by atoms with van der Waals surface area (Å²) in [5, 5.41) is 2.64. The van der Waals surface area contributed by atoms with Crippen LogP contribution < -0.4 is 5.32 Å². The van der Waals surface area contributed by atoms with Gasteiger partial charge in [-0.2, -0.15) is 0 Å². The highest BCUT2D eigenvalue weighted by Crippen LogP contribution is 2.20. The van der Waals surface area contributed by atoms with Crippen LogP contribution in [0.4, 0.5) is 8.78 Å². The maximum absolute atomic E-state index is 13.0. The van der Waals surface area contributed by atoms with E-state index in [1.807, 2.05) is 0 Å². The fourth-order valence-electron chi connectivity index (χ4n) is 1.28. The van der Waals surface area contributed by atoms with Gasteiger partial charge in [0.2, 0.25) is 0 Å². The minimum Gasteiger partial charge on any atom is -0.377 e. The molecule has 3 nitrogen and oxygen atoms in total. The molecule has 86 valence electrons. The van der Waals surface area contributed by atoms with Crippen LogP contribution in [0, 0.1) is 11.6 Å². The fraction of sp³-hybridized carbons (Fsp3) is 0.300. The number of ether oxygens (including phenoxy) is 1. The monoisotopic (exact) mass is 291 g/mol. The largest absolute Gasteiger partial charge is 0.377 e. The summed E-state index contributed by atoms with van der Waals surface area (Å²) >= 11 is 3.01. The van der Waals surface area contributed by atoms with Gasteiger partial charge in [0.1, 0.15) is 0 Å². The third-order valence-corrected chi connectivity index (χ3v) is 2.88. The maximum Gasteiger partial charge on any atom is 0.252 e. The molecule has 16 heavy (non-hydrogen) atoms. The quantitative estimate of drug-likeness (QED) is 0.845. The average Bonchev–Trinajstić information content (AvgIpc) is 2.17. The van der Waals surface area contributed by atoms with Crippen LogP contribution in [-0.2, 0) is 4.74 Å². The van der Waals surface area contributed by atoms with Crippen LogP contribution >= 0.6 is 15.9 Å². The molecule has 1 heterocycles. The highest BCUT2D eigenvalue weighted by Gasteiger charge is 2.22. The average molecular weight is 292 g/mol. The highest BCUT2D eigenvalue weighted by molar-refractivity contribution is 9.10. The lowest BCUT2D eigenvalue weighted by molar-refractivity contribution is -0.00348. The van der Waals surface area contributed by atoms with Gasteiger partial charge in [-0.3, -0.25) is 4.79 Å². The molecule has 0 saturated carbocycles. The molecule has 0 unspecified atom stereocenters. The van der Waals surface area contributed by atoms with Crippen molar-refractivity contribution in [3.8, 4) is 0 Å². The Balaban J connectivity index is 2.18. The Kier molecular flexibility index (Phi) is 3.20.